The standard InChI is InChI=1S/C20H30N2O4/c1-4-6-7-15(5-2)13-22-20(24)11-9-16-8-10-17(18(12-16)25-3)26-14-19(21)23/h8-12,15H,4-7,13-14H2,1-3H3,(H2,21,23)(H,22,24)/b11-9+. The molecule has 0 spiro atoms. The smallest absolute Gasteiger partial charge is 0.255 e. The van der Waals surface area contributed by atoms with Crippen molar-refractivity contribution < 1.29 is 19.1 Å². The van der Waals surface area contributed by atoms with Crippen LogP contribution in [-0.4, -0.2) is 32.1 Å². The quantitative estimate of drug-likeness (QED) is 0.559. The molecule has 0 heterocycles. The first-order valence-corrected chi connectivity index (χ1v) is 9.05. The lowest BCUT2D eigenvalue weighted by atomic mass is 9.99. The molecule has 144 valence electrons. The van der Waals surface area contributed by atoms with Gasteiger partial charge in [-0.25, -0.2) is 0 Å². The number of methoxy groups -OCH3 is 1. The monoisotopic (exact) mass is 362 g/mol. The molecule has 26 heavy (non-hydrogen) atoms. The zero-order chi connectivity index (χ0) is 19.4. The molecule has 0 saturated heterocycles. The Bertz CT molecular complexity index is 614. The van der Waals surface area contributed by atoms with Crippen molar-refractivity contribution in [3.8, 4) is 11.5 Å². The molecule has 0 aliphatic rings. The van der Waals surface area contributed by atoms with Crippen LogP contribution >= 0.6 is 0 Å². The second kappa shape index (κ2) is 12.0. The van der Waals surface area contributed by atoms with Crippen molar-refractivity contribution in [2.24, 2.45) is 11.7 Å². The lowest BCUT2D eigenvalue weighted by molar-refractivity contribution is -0.120. The Kier molecular flexibility index (Phi) is 9.90. The van der Waals surface area contributed by atoms with Gasteiger partial charge in [0.15, 0.2) is 18.1 Å². The van der Waals surface area contributed by atoms with Crippen LogP contribution in [0.2, 0.25) is 0 Å². The number of primary amides is 1. The molecule has 0 aliphatic carbocycles. The highest BCUT2D eigenvalue weighted by molar-refractivity contribution is 5.91. The van der Waals surface area contributed by atoms with Gasteiger partial charge >= 0.3 is 0 Å². The number of benzene rings is 1. The predicted octanol–water partition coefficient (Wildman–Crippen LogP) is 2.91. The number of rotatable bonds is 12. The van der Waals surface area contributed by atoms with Crippen LogP contribution in [0, 0.1) is 5.92 Å². The summed E-state index contributed by atoms with van der Waals surface area (Å²) in [5.74, 6) is 0.744. The summed E-state index contributed by atoms with van der Waals surface area (Å²) < 4.78 is 10.5. The van der Waals surface area contributed by atoms with Crippen molar-refractivity contribution in [1.29, 1.82) is 0 Å². The van der Waals surface area contributed by atoms with E-state index in [4.69, 9.17) is 15.2 Å². The number of nitrogens with two attached hydrogens (primary N) is 1. The normalized spacial score (nSPS) is 12.0. The van der Waals surface area contributed by atoms with E-state index in [0.717, 1.165) is 18.4 Å². The first-order valence-electron chi connectivity index (χ1n) is 9.05. The molecule has 6 heteroatoms. The number of ether oxygens (including phenoxy) is 2. The molecule has 3 N–H and O–H groups in total. The van der Waals surface area contributed by atoms with E-state index < -0.39 is 5.91 Å². The molecule has 0 saturated carbocycles. The van der Waals surface area contributed by atoms with Crippen molar-refractivity contribution in [3.05, 3.63) is 29.8 Å². The van der Waals surface area contributed by atoms with Gasteiger partial charge in [-0.1, -0.05) is 39.2 Å². The van der Waals surface area contributed by atoms with Gasteiger partial charge in [0.2, 0.25) is 5.91 Å². The van der Waals surface area contributed by atoms with E-state index in [0.29, 0.717) is 24.0 Å². The average Bonchev–Trinajstić information content (AvgIpc) is 2.64. The van der Waals surface area contributed by atoms with E-state index in [-0.39, 0.29) is 12.5 Å². The minimum Gasteiger partial charge on any atom is -0.493 e. The number of hydrogen-bond acceptors (Lipinski definition) is 4. The van der Waals surface area contributed by atoms with Crippen molar-refractivity contribution in [2.45, 2.75) is 39.5 Å². The Morgan fingerprint density at radius 2 is 2.04 bits per heavy atom. The Morgan fingerprint density at radius 1 is 1.27 bits per heavy atom. The van der Waals surface area contributed by atoms with Crippen LogP contribution in [-0.2, 0) is 9.59 Å². The first kappa shape index (κ1) is 21.5. The van der Waals surface area contributed by atoms with Gasteiger partial charge in [-0.15, -0.1) is 0 Å². The maximum atomic E-state index is 12.0. The van der Waals surface area contributed by atoms with E-state index in [9.17, 15) is 9.59 Å². The molecule has 0 aromatic heterocycles. The Labute approximate surface area is 155 Å². The molecule has 2 amide bonds. The summed E-state index contributed by atoms with van der Waals surface area (Å²) in [6.07, 6.45) is 7.78. The number of carbonyl (C=O) groups excluding carboxylic acids is 2. The summed E-state index contributed by atoms with van der Waals surface area (Å²) in [4.78, 5) is 22.8. The molecule has 1 atom stereocenters. The SMILES string of the molecule is CCCCC(CC)CNC(=O)/C=C/c1ccc(OCC(N)=O)c(OC)c1. The molecule has 0 radical (unpaired) electrons. The van der Waals surface area contributed by atoms with Gasteiger partial charge in [0, 0.05) is 12.6 Å². The fourth-order valence-electron chi connectivity index (χ4n) is 2.48. The number of carbonyl (C=O) groups is 2. The van der Waals surface area contributed by atoms with E-state index in [1.54, 1.807) is 24.3 Å². The molecule has 1 aromatic rings. The Hall–Kier alpha value is -2.50. The van der Waals surface area contributed by atoms with Gasteiger partial charge in [-0.05, 0) is 36.1 Å². The zero-order valence-corrected chi connectivity index (χ0v) is 15.9. The van der Waals surface area contributed by atoms with E-state index in [2.05, 4.69) is 19.2 Å². The van der Waals surface area contributed by atoms with Crippen molar-refractivity contribution in [1.82, 2.24) is 5.32 Å². The van der Waals surface area contributed by atoms with Crippen LogP contribution in [0.15, 0.2) is 24.3 Å². The summed E-state index contributed by atoms with van der Waals surface area (Å²) in [5.41, 5.74) is 5.86. The molecule has 6 nitrogen and oxygen atoms in total. The van der Waals surface area contributed by atoms with Crippen LogP contribution in [0.5, 0.6) is 11.5 Å². The minimum atomic E-state index is -0.558. The minimum absolute atomic E-state index is 0.118. The third kappa shape index (κ3) is 8.05. The molecule has 1 unspecified atom stereocenters. The molecular formula is C20H30N2O4. The molecule has 0 fully saturated rings. The lowest BCUT2D eigenvalue weighted by Crippen LogP contribution is -2.27. The second-order valence-electron chi connectivity index (χ2n) is 6.16. The fraction of sp³-hybridized carbons (Fsp3) is 0.500. The molecular weight excluding hydrogens is 332 g/mol. The highest BCUT2D eigenvalue weighted by Crippen LogP contribution is 2.28. The maximum Gasteiger partial charge on any atom is 0.255 e. The predicted molar refractivity (Wildman–Crippen MR) is 103 cm³/mol. The van der Waals surface area contributed by atoms with Crippen LogP contribution in [0.1, 0.15) is 45.1 Å². The summed E-state index contributed by atoms with van der Waals surface area (Å²) in [7, 11) is 1.51. The van der Waals surface area contributed by atoms with Gasteiger partial charge in [0.05, 0.1) is 7.11 Å². The molecule has 1 aromatic carbocycles. The summed E-state index contributed by atoms with van der Waals surface area (Å²) >= 11 is 0. The average molecular weight is 362 g/mol. The van der Waals surface area contributed by atoms with E-state index in [1.165, 1.54) is 26.0 Å². The van der Waals surface area contributed by atoms with Crippen LogP contribution in [0.25, 0.3) is 6.08 Å². The third-order valence-electron chi connectivity index (χ3n) is 4.09. The highest BCUT2D eigenvalue weighted by Gasteiger charge is 2.08. The summed E-state index contributed by atoms with van der Waals surface area (Å²) in [6, 6.07) is 5.19. The topological polar surface area (TPSA) is 90.6 Å². The third-order valence-corrected chi connectivity index (χ3v) is 4.09. The number of nitrogens with one attached hydrogen (secondary N) is 1. The molecule has 1 rings (SSSR count). The Morgan fingerprint density at radius 3 is 2.65 bits per heavy atom. The van der Waals surface area contributed by atoms with Crippen LogP contribution in [0.3, 0.4) is 0 Å². The zero-order valence-electron chi connectivity index (χ0n) is 15.9. The lowest BCUT2D eigenvalue weighted by Gasteiger charge is -2.14. The molecule has 0 bridgehead atoms. The van der Waals surface area contributed by atoms with Crippen molar-refractivity contribution >= 4 is 17.9 Å². The largest absolute Gasteiger partial charge is 0.493 e. The van der Waals surface area contributed by atoms with E-state index in [1.807, 2.05) is 0 Å². The van der Waals surface area contributed by atoms with Gasteiger partial charge < -0.3 is 20.5 Å². The van der Waals surface area contributed by atoms with Crippen molar-refractivity contribution in [2.75, 3.05) is 20.3 Å². The number of hydrogen-bond donors (Lipinski definition) is 2. The number of amides is 2. The first-order chi connectivity index (χ1) is 12.5. The van der Waals surface area contributed by atoms with Gasteiger partial charge in [0.1, 0.15) is 0 Å². The van der Waals surface area contributed by atoms with Crippen LogP contribution < -0.4 is 20.5 Å². The fourth-order valence-corrected chi connectivity index (χ4v) is 2.48. The molecule has 0 aliphatic heterocycles. The van der Waals surface area contributed by atoms with E-state index >= 15 is 0 Å². The summed E-state index contributed by atoms with van der Waals surface area (Å²) in [6.45, 7) is 4.80. The van der Waals surface area contributed by atoms with Crippen molar-refractivity contribution in [3.63, 3.8) is 0 Å². The second-order valence-corrected chi connectivity index (χ2v) is 6.16. The number of unbranched alkanes of at least 4 members (excludes halogenated alkanes) is 1. The highest BCUT2D eigenvalue weighted by atomic mass is 16.5. The summed E-state index contributed by atoms with van der Waals surface area (Å²) in [5, 5.41) is 2.95. The maximum absolute atomic E-state index is 12.0. The Balaban J connectivity index is 2.60. The van der Waals surface area contributed by atoms with Gasteiger partial charge in [-0.2, -0.15) is 0 Å². The van der Waals surface area contributed by atoms with Gasteiger partial charge in [-0.3, -0.25) is 9.59 Å². The van der Waals surface area contributed by atoms with Crippen LogP contribution in [0.4, 0.5) is 0 Å². The van der Waals surface area contributed by atoms with Gasteiger partial charge in [0.25, 0.3) is 5.91 Å².